The molecule has 0 saturated carbocycles. The van der Waals surface area contributed by atoms with Crippen molar-refractivity contribution in [1.29, 1.82) is 0 Å². The van der Waals surface area contributed by atoms with E-state index in [0.29, 0.717) is 17.8 Å². The Labute approximate surface area is 99.8 Å². The Bertz CT molecular complexity index is 484. The summed E-state index contributed by atoms with van der Waals surface area (Å²) >= 11 is 0. The lowest BCUT2D eigenvalue weighted by Crippen LogP contribution is -2.05. The first kappa shape index (κ1) is 12.9. The highest BCUT2D eigenvalue weighted by molar-refractivity contribution is 6.06. The number of hydrogen-bond donors (Lipinski definition) is 1. The van der Waals surface area contributed by atoms with E-state index in [0.717, 1.165) is 0 Å². The van der Waals surface area contributed by atoms with Crippen molar-refractivity contribution in [2.75, 3.05) is 0 Å². The van der Waals surface area contributed by atoms with Crippen molar-refractivity contribution in [2.24, 2.45) is 4.99 Å². The quantitative estimate of drug-likeness (QED) is 0.625. The molecule has 0 unspecified atom stereocenters. The van der Waals surface area contributed by atoms with Crippen molar-refractivity contribution >= 4 is 11.7 Å². The first-order valence-electron chi connectivity index (χ1n) is 5.23. The molecule has 1 aromatic heterocycles. The zero-order valence-corrected chi connectivity index (χ0v) is 9.92. The molecule has 0 radical (unpaired) electrons. The van der Waals surface area contributed by atoms with Gasteiger partial charge in [-0.15, -0.1) is 0 Å². The minimum atomic E-state index is -1.05. The molecule has 1 heterocycles. The zero-order valence-electron chi connectivity index (χ0n) is 9.92. The largest absolute Gasteiger partial charge is 0.476 e. The number of nitrogens with zero attached hydrogens (tertiary/aromatic N) is 3. The summed E-state index contributed by atoms with van der Waals surface area (Å²) in [7, 11) is 0. The first-order chi connectivity index (χ1) is 8.10. The molecule has 0 aromatic carbocycles. The van der Waals surface area contributed by atoms with E-state index in [1.807, 2.05) is 6.92 Å². The predicted molar refractivity (Wildman–Crippen MR) is 66.4 cm³/mol. The molecule has 0 aliphatic heterocycles. The Morgan fingerprint density at radius 2 is 2.41 bits per heavy atom. The maximum absolute atomic E-state index is 11.0. The third-order valence-corrected chi connectivity index (χ3v) is 2.17. The summed E-state index contributed by atoms with van der Waals surface area (Å²) in [4.78, 5) is 15.1. The number of carboxylic acids is 1. The van der Waals surface area contributed by atoms with Gasteiger partial charge in [0.25, 0.3) is 0 Å². The molecule has 0 atom stereocenters. The molecule has 0 bridgehead atoms. The summed E-state index contributed by atoms with van der Waals surface area (Å²) in [6, 6.07) is 0. The van der Waals surface area contributed by atoms with Crippen LogP contribution in [-0.4, -0.2) is 26.6 Å². The van der Waals surface area contributed by atoms with Gasteiger partial charge in [0.1, 0.15) is 0 Å². The summed E-state index contributed by atoms with van der Waals surface area (Å²) in [6.07, 6.45) is 6.53. The summed E-state index contributed by atoms with van der Waals surface area (Å²) in [5.74, 6) is -1.05. The van der Waals surface area contributed by atoms with Gasteiger partial charge in [-0.3, -0.25) is 9.67 Å². The van der Waals surface area contributed by atoms with Gasteiger partial charge in [0.2, 0.25) is 0 Å². The smallest absolute Gasteiger partial charge is 0.357 e. The van der Waals surface area contributed by atoms with Crippen LogP contribution in [-0.2, 0) is 6.54 Å². The Kier molecular flexibility index (Phi) is 4.39. The predicted octanol–water partition coefficient (Wildman–Crippen LogP) is 2.11. The van der Waals surface area contributed by atoms with Gasteiger partial charge < -0.3 is 5.11 Å². The van der Waals surface area contributed by atoms with Gasteiger partial charge in [-0.25, -0.2) is 4.79 Å². The molecule has 1 aromatic rings. The monoisotopic (exact) mass is 233 g/mol. The summed E-state index contributed by atoms with van der Waals surface area (Å²) in [6.45, 7) is 7.79. The number of carboxylic acid groups (broad SMARTS) is 1. The van der Waals surface area contributed by atoms with Crippen LogP contribution in [0.2, 0.25) is 0 Å². The SMILES string of the molecule is C=C/C=C\N=C(/C)c1cn(CC)nc1C(=O)O. The van der Waals surface area contributed by atoms with E-state index in [4.69, 9.17) is 5.11 Å². The summed E-state index contributed by atoms with van der Waals surface area (Å²) in [5.41, 5.74) is 1.17. The van der Waals surface area contributed by atoms with Crippen LogP contribution >= 0.6 is 0 Å². The van der Waals surface area contributed by atoms with E-state index in [2.05, 4.69) is 16.7 Å². The zero-order chi connectivity index (χ0) is 12.8. The molecular weight excluding hydrogens is 218 g/mol. The number of allylic oxidation sites excluding steroid dienone is 2. The highest BCUT2D eigenvalue weighted by atomic mass is 16.4. The molecule has 0 fully saturated rings. The highest BCUT2D eigenvalue weighted by Gasteiger charge is 2.16. The van der Waals surface area contributed by atoms with E-state index < -0.39 is 5.97 Å². The van der Waals surface area contributed by atoms with Crippen molar-refractivity contribution in [3.05, 3.63) is 42.4 Å². The fraction of sp³-hybridized carbons (Fsp3) is 0.250. The third kappa shape index (κ3) is 3.14. The molecule has 0 aliphatic carbocycles. The van der Waals surface area contributed by atoms with Crippen molar-refractivity contribution in [3.8, 4) is 0 Å². The first-order valence-corrected chi connectivity index (χ1v) is 5.23. The number of aryl methyl sites for hydroxylation is 1. The molecule has 5 heteroatoms. The van der Waals surface area contributed by atoms with Gasteiger partial charge in [-0.05, 0) is 19.9 Å². The van der Waals surface area contributed by atoms with E-state index in [-0.39, 0.29) is 5.69 Å². The number of aromatic carboxylic acids is 1. The number of hydrogen-bond acceptors (Lipinski definition) is 3. The number of aromatic nitrogens is 2. The second-order valence-electron chi connectivity index (χ2n) is 3.34. The van der Waals surface area contributed by atoms with Gasteiger partial charge in [-0.2, -0.15) is 5.10 Å². The molecule has 17 heavy (non-hydrogen) atoms. The molecular formula is C12H15N3O2. The Morgan fingerprint density at radius 3 is 2.94 bits per heavy atom. The molecule has 0 amide bonds. The molecule has 1 rings (SSSR count). The van der Waals surface area contributed by atoms with E-state index in [9.17, 15) is 4.79 Å². The maximum Gasteiger partial charge on any atom is 0.357 e. The second-order valence-corrected chi connectivity index (χ2v) is 3.34. The lowest BCUT2D eigenvalue weighted by molar-refractivity contribution is 0.0689. The van der Waals surface area contributed by atoms with Crippen LogP contribution in [0.1, 0.15) is 29.9 Å². The molecule has 5 nitrogen and oxygen atoms in total. The van der Waals surface area contributed by atoms with Crippen LogP contribution in [0.4, 0.5) is 0 Å². The van der Waals surface area contributed by atoms with Gasteiger partial charge in [0, 0.05) is 30.2 Å². The molecule has 1 N–H and O–H groups in total. The summed E-state index contributed by atoms with van der Waals surface area (Å²) in [5, 5.41) is 13.0. The van der Waals surface area contributed by atoms with Gasteiger partial charge >= 0.3 is 5.97 Å². The lowest BCUT2D eigenvalue weighted by Gasteiger charge is -1.95. The lowest BCUT2D eigenvalue weighted by atomic mass is 10.2. The number of aliphatic imine (C=N–C) groups is 1. The van der Waals surface area contributed by atoms with Crippen molar-refractivity contribution in [1.82, 2.24) is 9.78 Å². The van der Waals surface area contributed by atoms with Crippen LogP contribution in [0.15, 0.2) is 36.1 Å². The standard InChI is InChI=1S/C12H15N3O2/c1-4-6-7-13-9(3)10-8-15(5-2)14-11(10)12(16)17/h4,6-8H,1,5H2,2-3H3,(H,16,17)/b7-6-,13-9+. The molecule has 0 aliphatic rings. The van der Waals surface area contributed by atoms with Crippen LogP contribution in [0.3, 0.4) is 0 Å². The third-order valence-electron chi connectivity index (χ3n) is 2.17. The molecule has 0 spiro atoms. The minimum Gasteiger partial charge on any atom is -0.476 e. The van der Waals surface area contributed by atoms with E-state index in [1.54, 1.807) is 36.2 Å². The maximum atomic E-state index is 11.0. The topological polar surface area (TPSA) is 67.5 Å². The second kappa shape index (κ2) is 5.79. The fourth-order valence-corrected chi connectivity index (χ4v) is 1.29. The summed E-state index contributed by atoms with van der Waals surface area (Å²) < 4.78 is 1.58. The minimum absolute atomic E-state index is 0.0279. The van der Waals surface area contributed by atoms with Crippen molar-refractivity contribution < 1.29 is 9.90 Å². The average molecular weight is 233 g/mol. The van der Waals surface area contributed by atoms with Crippen molar-refractivity contribution in [2.45, 2.75) is 20.4 Å². The van der Waals surface area contributed by atoms with Crippen LogP contribution < -0.4 is 0 Å². The molecule has 0 saturated heterocycles. The van der Waals surface area contributed by atoms with Crippen LogP contribution in [0.5, 0.6) is 0 Å². The Morgan fingerprint density at radius 1 is 1.71 bits per heavy atom. The van der Waals surface area contributed by atoms with Gasteiger partial charge in [-0.1, -0.05) is 12.7 Å². The Balaban J connectivity index is 3.15. The Hall–Kier alpha value is -2.17. The fourth-order valence-electron chi connectivity index (χ4n) is 1.29. The van der Waals surface area contributed by atoms with Gasteiger partial charge in [0.15, 0.2) is 5.69 Å². The molecule has 90 valence electrons. The van der Waals surface area contributed by atoms with Crippen LogP contribution in [0, 0.1) is 0 Å². The number of rotatable bonds is 5. The van der Waals surface area contributed by atoms with E-state index in [1.165, 1.54) is 0 Å². The van der Waals surface area contributed by atoms with Gasteiger partial charge in [0.05, 0.1) is 0 Å². The van der Waals surface area contributed by atoms with Crippen LogP contribution in [0.25, 0.3) is 0 Å². The average Bonchev–Trinajstić information content (AvgIpc) is 2.73. The number of carbonyl (C=O) groups is 1. The van der Waals surface area contributed by atoms with E-state index >= 15 is 0 Å². The van der Waals surface area contributed by atoms with Crippen molar-refractivity contribution in [3.63, 3.8) is 0 Å². The highest BCUT2D eigenvalue weighted by Crippen LogP contribution is 2.09. The normalized spacial score (nSPS) is 12.0.